The minimum atomic E-state index is -0.537. The van der Waals surface area contributed by atoms with Crippen molar-refractivity contribution in [2.45, 2.75) is 13.8 Å². The summed E-state index contributed by atoms with van der Waals surface area (Å²) in [5, 5.41) is 20.4. The number of aliphatic hydroxyl groups is 2. The number of allylic oxidation sites excluding steroid dienone is 2. The molecule has 0 aliphatic carbocycles. The van der Waals surface area contributed by atoms with Crippen molar-refractivity contribution in [3.05, 3.63) is 121 Å². The Morgan fingerprint density at radius 2 is 0.719 bits per heavy atom. The summed E-state index contributed by atoms with van der Waals surface area (Å²) >= 11 is 0. The largest absolute Gasteiger partial charge is 0.512 e. The van der Waals surface area contributed by atoms with E-state index in [0.29, 0.717) is 45.9 Å². The molecule has 3 aromatic heterocycles. The molecule has 2 aliphatic heterocycles. The number of carbonyl (C=O) groups is 2. The van der Waals surface area contributed by atoms with Crippen LogP contribution in [-0.2, 0) is 44.9 Å². The summed E-state index contributed by atoms with van der Waals surface area (Å²) in [6, 6.07) is 31.8. The van der Waals surface area contributed by atoms with E-state index in [-0.39, 0.29) is 37.4 Å². The first-order valence-electron chi connectivity index (χ1n) is 17.1. The van der Waals surface area contributed by atoms with Crippen molar-refractivity contribution >= 4 is 56.1 Å². The van der Waals surface area contributed by atoms with Gasteiger partial charge in [-0.2, -0.15) is 0 Å². The Kier molecular flexibility index (Phi) is 12.1. The average Bonchev–Trinajstić information content (AvgIpc) is 3.94. The topological polar surface area (TPSA) is 199 Å². The summed E-state index contributed by atoms with van der Waals surface area (Å²) in [5.41, 5.74) is 5.78. The zero-order valence-electron chi connectivity index (χ0n) is 31.0. The van der Waals surface area contributed by atoms with Crippen LogP contribution >= 0.6 is 0 Å². The fraction of sp³-hybridized carbons (Fsp3) is 0.0952. The predicted molar refractivity (Wildman–Crippen MR) is 211 cm³/mol. The van der Waals surface area contributed by atoms with Gasteiger partial charge in [0, 0.05) is 70.7 Å². The number of fused-ring (bicyclic) bond motifs is 20. The van der Waals surface area contributed by atoms with Gasteiger partial charge in [0.15, 0.2) is 0 Å². The molecule has 0 amide bonds. The molecule has 4 aromatic carbocycles. The number of aliphatic hydroxyl groups excluding tert-OH is 2. The Morgan fingerprint density at radius 1 is 0.474 bits per heavy atom. The molecule has 7 aromatic rings. The second kappa shape index (κ2) is 17.3. The van der Waals surface area contributed by atoms with Gasteiger partial charge in [0.2, 0.25) is 0 Å². The van der Waals surface area contributed by atoms with E-state index in [9.17, 15) is 9.59 Å². The molecule has 57 heavy (non-hydrogen) atoms. The maximum absolute atomic E-state index is 10.2. The third-order valence-electron chi connectivity index (χ3n) is 8.39. The summed E-state index contributed by atoms with van der Waals surface area (Å²) in [6.07, 6.45) is 2.00. The Labute approximate surface area is 343 Å². The third kappa shape index (κ3) is 8.53. The number of nitrogens with zero attached hydrogens (tertiary/aromatic N) is 8. The molecule has 8 bridgehead atoms. The number of esters is 2. The smallest absolute Gasteiger partial charge is 0.333 e. The maximum Gasteiger partial charge on any atom is 0.333 e. The van der Waals surface area contributed by atoms with Gasteiger partial charge in [0.05, 0.1) is 61.2 Å². The summed E-state index contributed by atoms with van der Waals surface area (Å²) in [5.74, 6) is 1.04. The predicted octanol–water partition coefficient (Wildman–Crippen LogP) is 7.37. The van der Waals surface area contributed by atoms with Crippen LogP contribution in [0.25, 0.3) is 89.7 Å². The second-order valence-electron chi connectivity index (χ2n) is 12.3. The summed E-state index contributed by atoms with van der Waals surface area (Å²) in [6.45, 7) is 2.80. The van der Waals surface area contributed by atoms with E-state index in [2.05, 4.69) is 9.47 Å². The van der Waals surface area contributed by atoms with E-state index in [0.717, 1.165) is 56.0 Å². The first-order valence-corrected chi connectivity index (χ1v) is 17.1. The molecule has 0 saturated heterocycles. The normalized spacial score (nSPS) is 11.5. The van der Waals surface area contributed by atoms with Gasteiger partial charge in [-0.15, -0.1) is 0 Å². The first kappa shape index (κ1) is 39.8. The summed E-state index contributed by atoms with van der Waals surface area (Å²) in [4.78, 5) is 59.6. The van der Waals surface area contributed by atoms with E-state index in [1.165, 1.54) is 28.1 Å². The zero-order valence-corrected chi connectivity index (χ0v) is 34.6. The molecule has 2 N–H and O–H groups in total. The summed E-state index contributed by atoms with van der Waals surface area (Å²) < 4.78 is 8.37. The first-order chi connectivity index (χ1) is 27.1. The van der Waals surface area contributed by atoms with Gasteiger partial charge >= 0.3 is 11.9 Å². The Hall–Kier alpha value is -6.87. The minimum Gasteiger partial charge on any atom is -0.512 e. The standard InChI is InChI=1S/C32H16N8.2C5H8O3.Hf/c1-2-10-18-17(9-1)25-33-26(18)38-28-21-13-5-6-14-22(21)30(35-28)40-32-24-16-8-7-15-23(24)31(36-32)39-29-20-12-4-3-11-19(20)27(34-29)37-25;2*1-4(6)3-5(7)8-2;/h1-16H;2*3,6H,1-2H3;/q-2;;;. The molecule has 282 valence electrons. The van der Waals surface area contributed by atoms with E-state index in [1.54, 1.807) is 0 Å². The van der Waals surface area contributed by atoms with Crippen LogP contribution in [0.4, 0.5) is 0 Å². The molecule has 0 saturated carbocycles. The van der Waals surface area contributed by atoms with E-state index >= 15 is 0 Å². The molecule has 0 unspecified atom stereocenters. The van der Waals surface area contributed by atoms with E-state index < -0.39 is 11.9 Å². The number of benzene rings is 4. The molecule has 2 aliphatic rings. The Balaban J connectivity index is 0.000000275. The summed E-state index contributed by atoms with van der Waals surface area (Å²) in [7, 11) is 2.50. The SMILES string of the molecule is COC(=O)C=C(C)O.COC(=O)C=C(C)O.[Hf].c1ccc2c(c1)-c1nc-2nc2[n-]c(nc3nc(nc4[n-]c(n1)c1ccccc41)-c1ccccc1-3)c1ccccc21. The average molecular weight is 923 g/mol. The molecule has 0 fully saturated rings. The van der Waals surface area contributed by atoms with Crippen LogP contribution in [0.1, 0.15) is 13.8 Å². The van der Waals surface area contributed by atoms with Gasteiger partial charge < -0.3 is 49.6 Å². The zero-order chi connectivity index (χ0) is 39.3. The van der Waals surface area contributed by atoms with Crippen LogP contribution < -0.4 is 9.97 Å². The van der Waals surface area contributed by atoms with Crippen LogP contribution in [0.3, 0.4) is 0 Å². The van der Waals surface area contributed by atoms with Crippen molar-refractivity contribution in [1.82, 2.24) is 39.9 Å². The van der Waals surface area contributed by atoms with Crippen LogP contribution in [0, 0.1) is 0 Å². The Morgan fingerprint density at radius 3 is 0.930 bits per heavy atom. The molecule has 14 nitrogen and oxygen atoms in total. The van der Waals surface area contributed by atoms with Crippen molar-refractivity contribution in [2.75, 3.05) is 14.2 Å². The minimum absolute atomic E-state index is 0. The van der Waals surface area contributed by atoms with E-state index in [1.807, 2.05) is 97.1 Å². The number of methoxy groups -OCH3 is 2. The van der Waals surface area contributed by atoms with Gasteiger partial charge in [0.25, 0.3) is 0 Å². The van der Waals surface area contributed by atoms with Crippen molar-refractivity contribution in [1.29, 1.82) is 0 Å². The number of hydrogen-bond donors (Lipinski definition) is 2. The quantitative estimate of drug-likeness (QED) is 0.0754. The number of hydrogen-bond acceptors (Lipinski definition) is 12. The van der Waals surface area contributed by atoms with Crippen molar-refractivity contribution in [2.24, 2.45) is 0 Å². The van der Waals surface area contributed by atoms with Crippen molar-refractivity contribution in [3.63, 3.8) is 0 Å². The number of rotatable bonds is 2. The van der Waals surface area contributed by atoms with Gasteiger partial charge in [-0.25, -0.2) is 19.6 Å². The van der Waals surface area contributed by atoms with Crippen LogP contribution in [0.2, 0.25) is 0 Å². The van der Waals surface area contributed by atoms with Crippen molar-refractivity contribution in [3.8, 4) is 45.6 Å². The molecule has 0 radical (unpaired) electrons. The molecule has 0 spiro atoms. The Bertz CT molecular complexity index is 2540. The monoisotopic (exact) mass is 924 g/mol. The molecule has 15 heteroatoms. The molecule has 9 rings (SSSR count). The van der Waals surface area contributed by atoms with E-state index in [4.69, 9.17) is 50.1 Å². The van der Waals surface area contributed by atoms with Gasteiger partial charge in [-0.05, 0) is 35.4 Å². The molecular weight excluding hydrogens is 891 g/mol. The number of aromatic nitrogens is 8. The van der Waals surface area contributed by atoms with Crippen LogP contribution in [-0.4, -0.2) is 66.3 Å². The molecule has 0 atom stereocenters. The maximum atomic E-state index is 10.2. The molecule has 5 heterocycles. The number of ether oxygens (including phenoxy) is 2. The van der Waals surface area contributed by atoms with Gasteiger partial charge in [-0.1, -0.05) is 97.1 Å². The second-order valence-corrected chi connectivity index (χ2v) is 12.3. The number of carbonyl (C=O) groups excluding carboxylic acids is 2. The fourth-order valence-electron chi connectivity index (χ4n) is 5.92. The van der Waals surface area contributed by atoms with Crippen molar-refractivity contribution < 1.29 is 55.1 Å². The van der Waals surface area contributed by atoms with Gasteiger partial charge in [-0.3, -0.25) is 0 Å². The van der Waals surface area contributed by atoms with Gasteiger partial charge in [0.1, 0.15) is 0 Å². The van der Waals surface area contributed by atoms with Crippen LogP contribution in [0.15, 0.2) is 121 Å². The fourth-order valence-corrected chi connectivity index (χ4v) is 5.92. The third-order valence-corrected chi connectivity index (χ3v) is 8.39. The molecular formula is C42H32HfN8O6-2. The van der Waals surface area contributed by atoms with Crippen LogP contribution in [0.5, 0.6) is 0 Å².